The Labute approximate surface area is 104 Å². The summed E-state index contributed by atoms with van der Waals surface area (Å²) in [5.41, 5.74) is 8.26. The monoisotopic (exact) mass is 227 g/mol. The van der Waals surface area contributed by atoms with Gasteiger partial charge in [0.1, 0.15) is 0 Å². The second-order valence-electron chi connectivity index (χ2n) is 3.46. The Hall–Kier alpha value is -0.560. The average molecular weight is 227 g/mol. The van der Waals surface area contributed by atoms with E-state index in [2.05, 4.69) is 27.4 Å². The van der Waals surface area contributed by atoms with E-state index in [0.717, 1.165) is 19.4 Å². The zero-order chi connectivity index (χ0) is 13.6. The molecule has 0 atom stereocenters. The predicted molar refractivity (Wildman–Crippen MR) is 78.7 cm³/mol. The fourth-order valence-electron chi connectivity index (χ4n) is 1.12. The summed E-state index contributed by atoms with van der Waals surface area (Å²) in [5.74, 6) is 0.621. The molecule has 0 saturated carbocycles. The van der Waals surface area contributed by atoms with Gasteiger partial charge in [0, 0.05) is 0 Å². The first kappa shape index (κ1) is 20.8. The Morgan fingerprint density at radius 3 is 1.88 bits per heavy atom. The zero-order valence-electron chi connectivity index (χ0n) is 12.6. The minimum Gasteiger partial charge on any atom is -0.330 e. The van der Waals surface area contributed by atoms with Crippen LogP contribution < -0.4 is 5.73 Å². The molecule has 0 rings (SSSR count). The molecule has 16 heavy (non-hydrogen) atoms. The Morgan fingerprint density at radius 2 is 1.62 bits per heavy atom. The molecule has 0 aliphatic carbocycles. The maximum Gasteiger partial charge on any atom is -0.00741 e. The molecule has 0 aromatic rings. The molecule has 0 radical (unpaired) electrons. The molecule has 1 heteroatoms. The fraction of sp³-hybridized carbons (Fsp3) is 0.733. The summed E-state index contributed by atoms with van der Waals surface area (Å²) in [7, 11) is 0. The number of hydrogen-bond acceptors (Lipinski definition) is 1. The summed E-state index contributed by atoms with van der Waals surface area (Å²) in [5, 5.41) is 0. The average Bonchev–Trinajstić information content (AvgIpc) is 2.34. The van der Waals surface area contributed by atoms with Crippen molar-refractivity contribution in [1.29, 1.82) is 0 Å². The van der Waals surface area contributed by atoms with Crippen molar-refractivity contribution in [2.24, 2.45) is 11.7 Å². The van der Waals surface area contributed by atoms with E-state index >= 15 is 0 Å². The first-order chi connectivity index (χ1) is 7.63. The topological polar surface area (TPSA) is 26.0 Å². The maximum absolute atomic E-state index is 5.45. The van der Waals surface area contributed by atoms with Crippen LogP contribution in [0.5, 0.6) is 0 Å². The van der Waals surface area contributed by atoms with Crippen molar-refractivity contribution in [3.8, 4) is 0 Å². The van der Waals surface area contributed by atoms with E-state index in [4.69, 9.17) is 5.73 Å². The smallest absolute Gasteiger partial charge is 0.00741 e. The van der Waals surface area contributed by atoms with Gasteiger partial charge < -0.3 is 5.73 Å². The summed E-state index contributed by atoms with van der Waals surface area (Å²) in [6.07, 6.45) is 4.10. The van der Waals surface area contributed by atoms with Gasteiger partial charge in [-0.05, 0) is 37.8 Å². The largest absolute Gasteiger partial charge is 0.330 e. The molecule has 0 heterocycles. The molecule has 0 saturated heterocycles. The lowest BCUT2D eigenvalue weighted by Crippen LogP contribution is -2.00. The Morgan fingerprint density at radius 1 is 1.19 bits per heavy atom. The first-order valence-corrected chi connectivity index (χ1v) is 6.65. The molecule has 2 N–H and O–H groups in total. The third-order valence-corrected chi connectivity index (χ3v) is 2.27. The van der Waals surface area contributed by atoms with Crippen LogP contribution in [0, 0.1) is 5.92 Å². The quantitative estimate of drug-likeness (QED) is 0.662. The van der Waals surface area contributed by atoms with Crippen molar-refractivity contribution in [2.45, 2.75) is 61.3 Å². The van der Waals surface area contributed by atoms with E-state index in [1.807, 2.05) is 33.8 Å². The molecule has 0 aliphatic rings. The third kappa shape index (κ3) is 11.5. The van der Waals surface area contributed by atoms with Crippen molar-refractivity contribution in [2.75, 3.05) is 6.54 Å². The van der Waals surface area contributed by atoms with Gasteiger partial charge in [-0.1, -0.05) is 59.8 Å². The second-order valence-corrected chi connectivity index (χ2v) is 3.46. The van der Waals surface area contributed by atoms with Crippen LogP contribution in [0.25, 0.3) is 0 Å². The molecule has 0 aromatic carbocycles. The van der Waals surface area contributed by atoms with Gasteiger partial charge in [-0.2, -0.15) is 0 Å². The van der Waals surface area contributed by atoms with E-state index in [1.54, 1.807) is 0 Å². The molecule has 0 aliphatic heterocycles. The molecule has 0 bridgehead atoms. The Balaban J connectivity index is -0.000000376. The van der Waals surface area contributed by atoms with Crippen LogP contribution in [-0.2, 0) is 0 Å². The van der Waals surface area contributed by atoms with Crippen molar-refractivity contribution >= 4 is 0 Å². The SMILES string of the molecule is C=C/C(CCCN)=C(/C)C(C)C.CC.CC. The predicted octanol–water partition coefficient (Wildman–Crippen LogP) is 4.94. The number of nitrogens with two attached hydrogens (primary N) is 1. The minimum absolute atomic E-state index is 0.621. The summed E-state index contributed by atoms with van der Waals surface area (Å²) in [4.78, 5) is 0. The lowest BCUT2D eigenvalue weighted by Gasteiger charge is -2.11. The Bertz CT molecular complexity index is 166. The summed E-state index contributed by atoms with van der Waals surface area (Å²) in [6, 6.07) is 0. The van der Waals surface area contributed by atoms with Crippen LogP contribution in [0.1, 0.15) is 61.3 Å². The molecule has 1 nitrogen and oxygen atoms in total. The highest BCUT2D eigenvalue weighted by atomic mass is 14.5. The van der Waals surface area contributed by atoms with Crippen molar-refractivity contribution < 1.29 is 0 Å². The van der Waals surface area contributed by atoms with E-state index in [9.17, 15) is 0 Å². The van der Waals surface area contributed by atoms with Crippen LogP contribution in [0.3, 0.4) is 0 Å². The second kappa shape index (κ2) is 16.9. The summed E-state index contributed by atoms with van der Waals surface area (Å²) >= 11 is 0. The van der Waals surface area contributed by atoms with E-state index in [0.29, 0.717) is 5.92 Å². The van der Waals surface area contributed by atoms with Gasteiger partial charge in [0.05, 0.1) is 0 Å². The lowest BCUT2D eigenvalue weighted by atomic mass is 9.96. The highest BCUT2D eigenvalue weighted by molar-refractivity contribution is 5.23. The van der Waals surface area contributed by atoms with E-state index in [1.165, 1.54) is 11.1 Å². The highest BCUT2D eigenvalue weighted by Crippen LogP contribution is 2.18. The number of allylic oxidation sites excluding steroid dienone is 3. The first-order valence-electron chi connectivity index (χ1n) is 6.65. The zero-order valence-corrected chi connectivity index (χ0v) is 12.6. The van der Waals surface area contributed by atoms with Crippen molar-refractivity contribution in [3.63, 3.8) is 0 Å². The molecule has 0 unspecified atom stereocenters. The van der Waals surface area contributed by atoms with E-state index < -0.39 is 0 Å². The molecule has 0 aromatic heterocycles. The molecular formula is C15H33N. The molecule has 98 valence electrons. The van der Waals surface area contributed by atoms with Gasteiger partial charge in [0.25, 0.3) is 0 Å². The summed E-state index contributed by atoms with van der Waals surface area (Å²) < 4.78 is 0. The van der Waals surface area contributed by atoms with Crippen molar-refractivity contribution in [1.82, 2.24) is 0 Å². The Kier molecular flexibility index (Phi) is 21.9. The van der Waals surface area contributed by atoms with Crippen molar-refractivity contribution in [3.05, 3.63) is 23.8 Å². The van der Waals surface area contributed by atoms with Crippen LogP contribution in [0.15, 0.2) is 23.8 Å². The number of hydrogen-bond donors (Lipinski definition) is 1. The highest BCUT2D eigenvalue weighted by Gasteiger charge is 2.02. The molecule has 0 amide bonds. The number of rotatable bonds is 5. The van der Waals surface area contributed by atoms with Gasteiger partial charge >= 0.3 is 0 Å². The third-order valence-electron chi connectivity index (χ3n) is 2.27. The molecule has 0 spiro atoms. The summed E-state index contributed by atoms with van der Waals surface area (Å²) in [6.45, 7) is 19.2. The van der Waals surface area contributed by atoms with Gasteiger partial charge in [-0.25, -0.2) is 0 Å². The minimum atomic E-state index is 0.621. The van der Waals surface area contributed by atoms with Crippen LogP contribution in [0.4, 0.5) is 0 Å². The maximum atomic E-state index is 5.45. The van der Waals surface area contributed by atoms with Gasteiger partial charge in [-0.15, -0.1) is 0 Å². The van der Waals surface area contributed by atoms with Crippen LogP contribution in [0.2, 0.25) is 0 Å². The van der Waals surface area contributed by atoms with Gasteiger partial charge in [-0.3, -0.25) is 0 Å². The van der Waals surface area contributed by atoms with Crippen LogP contribution in [-0.4, -0.2) is 6.54 Å². The van der Waals surface area contributed by atoms with Gasteiger partial charge in [0.2, 0.25) is 0 Å². The van der Waals surface area contributed by atoms with E-state index in [-0.39, 0.29) is 0 Å². The lowest BCUT2D eigenvalue weighted by molar-refractivity contribution is 0.737. The van der Waals surface area contributed by atoms with Gasteiger partial charge in [0.15, 0.2) is 0 Å². The normalized spacial score (nSPS) is 10.6. The fourth-order valence-corrected chi connectivity index (χ4v) is 1.12. The molecular weight excluding hydrogens is 194 g/mol. The van der Waals surface area contributed by atoms with Crippen LogP contribution >= 0.6 is 0 Å². The molecule has 0 fully saturated rings. The standard InChI is InChI=1S/C11H21N.2C2H6/c1-5-11(7-6-8-12)10(4)9(2)3;2*1-2/h5,9H,1,6-8,12H2,2-4H3;2*1-2H3/b11-10+;;.